The van der Waals surface area contributed by atoms with Crippen molar-refractivity contribution in [3.05, 3.63) is 35.4 Å². The van der Waals surface area contributed by atoms with Gasteiger partial charge in [0.15, 0.2) is 10.5 Å². The number of ether oxygens (including phenoxy) is 1. The van der Waals surface area contributed by atoms with Crippen molar-refractivity contribution in [2.24, 2.45) is 0 Å². The zero-order chi connectivity index (χ0) is 17.5. The Labute approximate surface area is 136 Å². The van der Waals surface area contributed by atoms with Crippen molar-refractivity contribution in [1.29, 1.82) is 0 Å². The number of rotatable bonds is 2. The van der Waals surface area contributed by atoms with Gasteiger partial charge in [0, 0.05) is 5.56 Å². The van der Waals surface area contributed by atoms with E-state index in [1.807, 2.05) is 0 Å². The third kappa shape index (κ3) is 3.88. The average Bonchev–Trinajstić information content (AvgIpc) is 2.39. The maximum Gasteiger partial charge on any atom is 0.443 e. The van der Waals surface area contributed by atoms with Gasteiger partial charge in [-0.25, -0.2) is 0 Å². The topological polar surface area (TPSA) is 43.4 Å². The fraction of sp³-hybridized carbons (Fsp3) is 0.500. The summed E-state index contributed by atoms with van der Waals surface area (Å²) in [6.07, 6.45) is -0.0217. The van der Waals surface area contributed by atoms with E-state index in [4.69, 9.17) is 4.74 Å². The van der Waals surface area contributed by atoms with E-state index in [0.29, 0.717) is 5.56 Å². The average molecular weight is 346 g/mol. The zero-order valence-corrected chi connectivity index (χ0v) is 13.8. The molecule has 126 valence electrons. The van der Waals surface area contributed by atoms with Gasteiger partial charge in [-0.05, 0) is 50.9 Å². The Morgan fingerprint density at radius 1 is 1.22 bits per heavy atom. The van der Waals surface area contributed by atoms with Gasteiger partial charge in [0.1, 0.15) is 5.60 Å². The first kappa shape index (κ1) is 17.8. The Hall–Kier alpha value is -1.50. The van der Waals surface area contributed by atoms with Crippen molar-refractivity contribution < 1.29 is 27.5 Å². The molecular formula is C16H17F3O3S. The van der Waals surface area contributed by atoms with Crippen LogP contribution < -0.4 is 0 Å². The maximum absolute atomic E-state index is 13.0. The normalized spacial score (nSPS) is 21.7. The zero-order valence-electron chi connectivity index (χ0n) is 13.0. The molecule has 0 aromatic heterocycles. The number of halogens is 3. The minimum absolute atomic E-state index is 0.154. The lowest BCUT2D eigenvalue weighted by atomic mass is 9.82. The predicted molar refractivity (Wildman–Crippen MR) is 81.3 cm³/mol. The molecule has 1 atom stereocenters. The molecule has 1 aromatic rings. The number of fused-ring (bicyclic) bond motifs is 1. The van der Waals surface area contributed by atoms with Crippen molar-refractivity contribution in [2.75, 3.05) is 0 Å². The number of benzene rings is 1. The Bertz CT molecular complexity index is 634. The van der Waals surface area contributed by atoms with E-state index in [0.717, 1.165) is 0 Å². The molecule has 0 heterocycles. The van der Waals surface area contributed by atoms with E-state index >= 15 is 0 Å². The van der Waals surface area contributed by atoms with Crippen molar-refractivity contribution in [2.45, 2.75) is 49.5 Å². The van der Waals surface area contributed by atoms with E-state index in [9.17, 15) is 22.8 Å². The van der Waals surface area contributed by atoms with Crippen LogP contribution in [0.1, 0.15) is 43.1 Å². The lowest BCUT2D eigenvalue weighted by molar-refractivity contribution is -0.157. The molecule has 0 amide bonds. The third-order valence-corrected chi connectivity index (χ3v) is 4.53. The molecule has 0 N–H and O–H groups in total. The lowest BCUT2D eigenvalue weighted by Gasteiger charge is -2.36. The maximum atomic E-state index is 13.0. The summed E-state index contributed by atoms with van der Waals surface area (Å²) in [6.45, 7) is 4.66. The minimum atomic E-state index is -4.72. The number of ketones is 1. The number of hydrogen-bond acceptors (Lipinski definition) is 4. The molecule has 3 nitrogen and oxygen atoms in total. The van der Waals surface area contributed by atoms with Crippen molar-refractivity contribution in [1.82, 2.24) is 0 Å². The Balaban J connectivity index is 2.48. The molecule has 0 radical (unpaired) electrons. The van der Waals surface area contributed by atoms with E-state index in [2.05, 4.69) is 0 Å². The molecule has 7 heteroatoms. The molecule has 0 spiro atoms. The van der Waals surface area contributed by atoms with Crippen molar-refractivity contribution in [3.63, 3.8) is 0 Å². The van der Waals surface area contributed by atoms with Gasteiger partial charge in [-0.2, -0.15) is 13.2 Å². The van der Waals surface area contributed by atoms with Crippen molar-refractivity contribution in [3.8, 4) is 0 Å². The summed E-state index contributed by atoms with van der Waals surface area (Å²) in [5, 5.41) is 0. The number of esters is 1. The Morgan fingerprint density at radius 2 is 1.83 bits per heavy atom. The molecule has 0 saturated heterocycles. The van der Waals surface area contributed by atoms with Crippen LogP contribution in [0.5, 0.6) is 0 Å². The summed E-state index contributed by atoms with van der Waals surface area (Å²) < 4.78 is 41.9. The Kier molecular flexibility index (Phi) is 4.54. The van der Waals surface area contributed by atoms with Crippen LogP contribution in [0.4, 0.5) is 13.2 Å². The van der Waals surface area contributed by atoms with Crippen LogP contribution in [0.25, 0.3) is 0 Å². The summed E-state index contributed by atoms with van der Waals surface area (Å²) >= 11 is -0.578. The first-order valence-corrected chi connectivity index (χ1v) is 7.89. The molecule has 0 aliphatic heterocycles. The third-order valence-electron chi connectivity index (χ3n) is 3.39. The highest BCUT2D eigenvalue weighted by Gasteiger charge is 2.57. The van der Waals surface area contributed by atoms with Crippen LogP contribution >= 0.6 is 11.8 Å². The molecule has 0 bridgehead atoms. The first-order valence-electron chi connectivity index (χ1n) is 7.08. The second-order valence-electron chi connectivity index (χ2n) is 6.36. The summed E-state index contributed by atoms with van der Waals surface area (Å²) in [4.78, 5) is 25.2. The number of carbonyl (C=O) groups is 2. The fourth-order valence-electron chi connectivity index (χ4n) is 2.49. The predicted octanol–water partition coefficient (Wildman–Crippen LogP) is 4.15. The molecule has 1 aliphatic rings. The van der Waals surface area contributed by atoms with E-state index in [1.165, 1.54) is 6.07 Å². The number of carbonyl (C=O) groups excluding carboxylic acids is 2. The largest absolute Gasteiger partial charge is 0.459 e. The van der Waals surface area contributed by atoms with Crippen LogP contribution in [0.3, 0.4) is 0 Å². The van der Waals surface area contributed by atoms with Crippen molar-refractivity contribution >= 4 is 23.5 Å². The highest BCUT2D eigenvalue weighted by atomic mass is 32.2. The van der Waals surface area contributed by atoms with Gasteiger partial charge in [-0.3, -0.25) is 9.59 Å². The highest BCUT2D eigenvalue weighted by molar-refractivity contribution is 8.03. The van der Waals surface area contributed by atoms with Gasteiger partial charge in [0.25, 0.3) is 0 Å². The standard InChI is InChI=1S/C16H17F3O3S/c1-14(2,3)22-13(21)15(23-16(17,18)19)9-8-10-6-4-5-7-11(10)12(15)20/h4-7H,8-9H2,1-3H3/t15-/m1/s1. The lowest BCUT2D eigenvalue weighted by Crippen LogP contribution is -2.51. The fourth-order valence-corrected chi connectivity index (χ4v) is 3.42. The number of alkyl halides is 3. The van der Waals surface area contributed by atoms with Crippen LogP contribution in [-0.4, -0.2) is 27.6 Å². The minimum Gasteiger partial charge on any atom is -0.459 e. The molecular weight excluding hydrogens is 329 g/mol. The summed E-state index contributed by atoms with van der Waals surface area (Å²) in [5.41, 5.74) is -4.90. The number of aryl methyl sites for hydroxylation is 1. The van der Waals surface area contributed by atoms with Gasteiger partial charge in [0.2, 0.25) is 0 Å². The SMILES string of the molecule is CC(C)(C)OC(=O)[C@@]1(SC(F)(F)F)CCc2ccccc2C1=O. The quantitative estimate of drug-likeness (QED) is 0.596. The highest BCUT2D eigenvalue weighted by Crippen LogP contribution is 2.48. The summed E-state index contributed by atoms with van der Waals surface area (Å²) in [6, 6.07) is 6.42. The smallest absolute Gasteiger partial charge is 0.443 e. The van der Waals surface area contributed by atoms with Crippen LogP contribution in [-0.2, 0) is 16.0 Å². The molecule has 23 heavy (non-hydrogen) atoms. The molecule has 0 saturated carbocycles. The Morgan fingerprint density at radius 3 is 2.39 bits per heavy atom. The van der Waals surface area contributed by atoms with Gasteiger partial charge in [-0.15, -0.1) is 0 Å². The molecule has 0 unspecified atom stereocenters. The van der Waals surface area contributed by atoms with Crippen LogP contribution in [0.15, 0.2) is 24.3 Å². The molecule has 1 aromatic carbocycles. The molecule has 0 fully saturated rings. The first-order chi connectivity index (χ1) is 10.4. The van der Waals surface area contributed by atoms with E-state index in [-0.39, 0.29) is 18.4 Å². The van der Waals surface area contributed by atoms with Crippen LogP contribution in [0, 0.1) is 0 Å². The van der Waals surface area contributed by atoms with Gasteiger partial charge in [0.05, 0.1) is 0 Å². The van der Waals surface area contributed by atoms with Gasteiger partial charge < -0.3 is 4.74 Å². The number of thioether (sulfide) groups is 1. The van der Waals surface area contributed by atoms with E-state index < -0.39 is 39.4 Å². The van der Waals surface area contributed by atoms with Crippen LogP contribution in [0.2, 0.25) is 0 Å². The number of Topliss-reactive ketones (excluding diaryl/α,β-unsaturated/α-hetero) is 1. The summed E-state index contributed by atoms with van der Waals surface area (Å²) in [5.74, 6) is -1.97. The number of hydrogen-bond donors (Lipinski definition) is 0. The molecule has 1 aliphatic carbocycles. The van der Waals surface area contributed by atoms with E-state index in [1.54, 1.807) is 39.0 Å². The second kappa shape index (κ2) is 5.85. The molecule has 2 rings (SSSR count). The van der Waals surface area contributed by atoms with Gasteiger partial charge in [-0.1, -0.05) is 24.3 Å². The van der Waals surface area contributed by atoms with Gasteiger partial charge >= 0.3 is 11.5 Å². The second-order valence-corrected chi connectivity index (χ2v) is 7.73. The monoisotopic (exact) mass is 346 g/mol. The summed E-state index contributed by atoms with van der Waals surface area (Å²) in [7, 11) is 0.